The van der Waals surface area contributed by atoms with Crippen LogP contribution in [0.2, 0.25) is 0 Å². The Balaban J connectivity index is 2.00. The van der Waals surface area contributed by atoms with E-state index in [2.05, 4.69) is 0 Å². The zero-order valence-corrected chi connectivity index (χ0v) is 12.2. The first-order chi connectivity index (χ1) is 9.90. The quantitative estimate of drug-likeness (QED) is 0.807. The molecule has 0 aliphatic carbocycles. The van der Waals surface area contributed by atoms with Crippen LogP contribution < -0.4 is 0 Å². The molecule has 1 aliphatic heterocycles. The largest absolute Gasteiger partial charge is 0.480 e. The number of β-amino-alcohol motifs (C(OH)–C–C–N with tert-alkyl or cyclic N) is 1. The standard InChI is InChI=1S/C13H16N2O5S/c1-14(12(18)10-3-2-4-21-10)7-11(17)15-6-8(16)5-9(15)13(19)20/h2-4,8-9,16H,5-7H2,1H3,(H,19,20). The molecule has 7 nitrogen and oxygen atoms in total. The number of carbonyl (C=O) groups is 3. The summed E-state index contributed by atoms with van der Waals surface area (Å²) in [4.78, 5) is 38.2. The molecule has 1 saturated heterocycles. The third-order valence-corrected chi connectivity index (χ3v) is 4.19. The summed E-state index contributed by atoms with van der Waals surface area (Å²) >= 11 is 1.27. The van der Waals surface area contributed by atoms with Gasteiger partial charge in [0.1, 0.15) is 6.04 Å². The molecule has 114 valence electrons. The lowest BCUT2D eigenvalue weighted by atomic mass is 10.2. The van der Waals surface area contributed by atoms with E-state index in [1.165, 1.54) is 23.3 Å². The third kappa shape index (κ3) is 3.40. The van der Waals surface area contributed by atoms with Crippen molar-refractivity contribution in [3.05, 3.63) is 22.4 Å². The Morgan fingerprint density at radius 2 is 2.19 bits per heavy atom. The van der Waals surface area contributed by atoms with Crippen LogP contribution in [0.1, 0.15) is 16.1 Å². The van der Waals surface area contributed by atoms with Crippen LogP contribution in [-0.2, 0) is 9.59 Å². The van der Waals surface area contributed by atoms with Crippen LogP contribution in [0.3, 0.4) is 0 Å². The number of carboxylic acids is 1. The van der Waals surface area contributed by atoms with Crippen molar-refractivity contribution < 1.29 is 24.6 Å². The van der Waals surface area contributed by atoms with E-state index in [4.69, 9.17) is 5.11 Å². The number of likely N-dealkylation sites (N-methyl/N-ethyl adjacent to an activating group) is 1. The monoisotopic (exact) mass is 312 g/mol. The Kier molecular flexibility index (Phi) is 4.59. The van der Waals surface area contributed by atoms with Crippen LogP contribution in [0.5, 0.6) is 0 Å². The minimum atomic E-state index is -1.15. The highest BCUT2D eigenvalue weighted by Crippen LogP contribution is 2.19. The van der Waals surface area contributed by atoms with E-state index < -0.39 is 24.0 Å². The molecule has 2 unspecified atom stereocenters. The van der Waals surface area contributed by atoms with Crippen LogP contribution in [0, 0.1) is 0 Å². The van der Waals surface area contributed by atoms with Gasteiger partial charge in [0, 0.05) is 20.0 Å². The second-order valence-electron chi connectivity index (χ2n) is 4.93. The van der Waals surface area contributed by atoms with Gasteiger partial charge < -0.3 is 20.0 Å². The first-order valence-corrected chi connectivity index (χ1v) is 7.27. The number of aliphatic hydroxyl groups excluding tert-OH is 1. The van der Waals surface area contributed by atoms with Gasteiger partial charge in [-0.05, 0) is 11.4 Å². The van der Waals surface area contributed by atoms with E-state index in [1.54, 1.807) is 17.5 Å². The topological polar surface area (TPSA) is 98.2 Å². The Morgan fingerprint density at radius 3 is 2.76 bits per heavy atom. The molecule has 0 aromatic carbocycles. The molecule has 8 heteroatoms. The molecule has 1 fully saturated rings. The molecular weight excluding hydrogens is 296 g/mol. The zero-order chi connectivity index (χ0) is 15.6. The smallest absolute Gasteiger partial charge is 0.326 e. The lowest BCUT2D eigenvalue weighted by molar-refractivity contribution is -0.148. The molecule has 0 radical (unpaired) electrons. The third-order valence-electron chi connectivity index (χ3n) is 3.34. The normalized spacial score (nSPS) is 21.3. The van der Waals surface area contributed by atoms with E-state index in [0.29, 0.717) is 4.88 Å². The Bertz CT molecular complexity index is 545. The maximum absolute atomic E-state index is 12.2. The number of aliphatic carboxylic acids is 1. The molecule has 2 N–H and O–H groups in total. The van der Waals surface area contributed by atoms with Crippen molar-refractivity contribution in [1.82, 2.24) is 9.80 Å². The fourth-order valence-corrected chi connectivity index (χ4v) is 2.99. The van der Waals surface area contributed by atoms with Crippen molar-refractivity contribution in [2.45, 2.75) is 18.6 Å². The molecular formula is C13H16N2O5S. The second-order valence-corrected chi connectivity index (χ2v) is 5.88. The van der Waals surface area contributed by atoms with Gasteiger partial charge in [-0.25, -0.2) is 4.79 Å². The Hall–Kier alpha value is -1.93. The number of aliphatic hydroxyl groups is 1. The van der Waals surface area contributed by atoms with Crippen molar-refractivity contribution in [3.8, 4) is 0 Å². The SMILES string of the molecule is CN(CC(=O)N1CC(O)CC1C(=O)O)C(=O)c1cccs1. The van der Waals surface area contributed by atoms with Crippen LogP contribution in [0.15, 0.2) is 17.5 Å². The number of rotatable bonds is 4. The van der Waals surface area contributed by atoms with Crippen molar-refractivity contribution in [2.24, 2.45) is 0 Å². The minimum Gasteiger partial charge on any atom is -0.480 e. The summed E-state index contributed by atoms with van der Waals surface area (Å²) in [6.45, 7) is -0.232. The van der Waals surface area contributed by atoms with Gasteiger partial charge >= 0.3 is 5.97 Å². The predicted molar refractivity (Wildman–Crippen MR) is 75.0 cm³/mol. The summed E-state index contributed by atoms with van der Waals surface area (Å²) in [7, 11) is 1.49. The summed E-state index contributed by atoms with van der Waals surface area (Å²) < 4.78 is 0. The van der Waals surface area contributed by atoms with Gasteiger partial charge in [-0.2, -0.15) is 0 Å². The maximum Gasteiger partial charge on any atom is 0.326 e. The number of carbonyl (C=O) groups excluding carboxylic acids is 2. The van der Waals surface area contributed by atoms with Gasteiger partial charge in [0.2, 0.25) is 5.91 Å². The summed E-state index contributed by atoms with van der Waals surface area (Å²) in [5, 5.41) is 20.3. The highest BCUT2D eigenvalue weighted by molar-refractivity contribution is 7.12. The molecule has 0 spiro atoms. The molecule has 2 amide bonds. The van der Waals surface area contributed by atoms with Crippen molar-refractivity contribution in [2.75, 3.05) is 20.1 Å². The maximum atomic E-state index is 12.2. The number of thiophene rings is 1. The molecule has 1 aliphatic rings. The highest BCUT2D eigenvalue weighted by Gasteiger charge is 2.39. The lowest BCUT2D eigenvalue weighted by Crippen LogP contribution is -2.46. The van der Waals surface area contributed by atoms with Gasteiger partial charge in [0.05, 0.1) is 17.5 Å². The van der Waals surface area contributed by atoms with Crippen molar-refractivity contribution in [1.29, 1.82) is 0 Å². The highest BCUT2D eigenvalue weighted by atomic mass is 32.1. The first-order valence-electron chi connectivity index (χ1n) is 6.39. The van der Waals surface area contributed by atoms with Crippen LogP contribution in [0.25, 0.3) is 0 Å². The fourth-order valence-electron chi connectivity index (χ4n) is 2.28. The van der Waals surface area contributed by atoms with Crippen molar-refractivity contribution >= 4 is 29.1 Å². The summed E-state index contributed by atoms with van der Waals surface area (Å²) in [6, 6.07) is 2.37. The molecule has 2 rings (SSSR count). The van der Waals surface area contributed by atoms with Gasteiger partial charge in [-0.3, -0.25) is 9.59 Å². The van der Waals surface area contributed by atoms with E-state index in [0.717, 1.165) is 4.90 Å². The van der Waals surface area contributed by atoms with Crippen LogP contribution >= 0.6 is 11.3 Å². The van der Waals surface area contributed by atoms with E-state index >= 15 is 0 Å². The summed E-state index contributed by atoms with van der Waals surface area (Å²) in [5.74, 6) is -1.91. The molecule has 21 heavy (non-hydrogen) atoms. The van der Waals surface area contributed by atoms with E-state index in [-0.39, 0.29) is 25.4 Å². The molecule has 2 heterocycles. The number of hydrogen-bond donors (Lipinski definition) is 2. The summed E-state index contributed by atoms with van der Waals surface area (Å²) in [5.41, 5.74) is 0. The Morgan fingerprint density at radius 1 is 1.48 bits per heavy atom. The van der Waals surface area contributed by atoms with Crippen LogP contribution in [0.4, 0.5) is 0 Å². The molecule has 1 aromatic rings. The average molecular weight is 312 g/mol. The van der Waals surface area contributed by atoms with Gasteiger partial charge in [0.25, 0.3) is 5.91 Å². The minimum absolute atomic E-state index is 0.0170. The lowest BCUT2D eigenvalue weighted by Gasteiger charge is -2.24. The zero-order valence-electron chi connectivity index (χ0n) is 11.4. The number of carboxylic acid groups (broad SMARTS) is 1. The Labute approximate surface area is 125 Å². The average Bonchev–Trinajstić information content (AvgIpc) is 3.06. The fraction of sp³-hybridized carbons (Fsp3) is 0.462. The van der Waals surface area contributed by atoms with Crippen LogP contribution in [-0.4, -0.2) is 70.1 Å². The van der Waals surface area contributed by atoms with Gasteiger partial charge in [-0.1, -0.05) is 6.07 Å². The number of amides is 2. The van der Waals surface area contributed by atoms with E-state index in [1.807, 2.05) is 0 Å². The molecule has 0 bridgehead atoms. The summed E-state index contributed by atoms with van der Waals surface area (Å²) in [6.07, 6.45) is -0.822. The number of hydrogen-bond acceptors (Lipinski definition) is 5. The van der Waals surface area contributed by atoms with E-state index in [9.17, 15) is 19.5 Å². The predicted octanol–water partition coefficient (Wildman–Crippen LogP) is -0.134. The first kappa shape index (κ1) is 15.5. The van der Waals surface area contributed by atoms with Gasteiger partial charge in [0.15, 0.2) is 0 Å². The van der Waals surface area contributed by atoms with Gasteiger partial charge in [-0.15, -0.1) is 11.3 Å². The molecule has 2 atom stereocenters. The van der Waals surface area contributed by atoms with Crippen molar-refractivity contribution in [3.63, 3.8) is 0 Å². The number of nitrogens with zero attached hydrogens (tertiary/aromatic N) is 2. The molecule has 0 saturated carbocycles. The molecule has 1 aromatic heterocycles. The second kappa shape index (κ2) is 6.23. The number of likely N-dealkylation sites (tertiary alicyclic amines) is 1.